The van der Waals surface area contributed by atoms with Crippen molar-refractivity contribution < 1.29 is 18.1 Å². The fraction of sp³-hybridized carbons (Fsp3) is 0.222. The van der Waals surface area contributed by atoms with Gasteiger partial charge in [0, 0.05) is 5.31 Å². The summed E-state index contributed by atoms with van der Waals surface area (Å²) in [5.74, 6) is 2.61. The Kier molecular flexibility index (Phi) is 3.70. The number of hydrogen-bond acceptors (Lipinski definition) is 4. The first-order valence-electron chi connectivity index (χ1n) is 8.01. The Morgan fingerprint density at radius 3 is 2.42 bits per heavy atom. The van der Waals surface area contributed by atoms with Gasteiger partial charge in [-0.1, -0.05) is 42.5 Å². The van der Waals surface area contributed by atoms with Crippen LogP contribution in [0.5, 0.6) is 11.5 Å². The molecule has 0 bridgehead atoms. The van der Waals surface area contributed by atoms with Crippen LogP contribution in [0.1, 0.15) is 12.8 Å². The van der Waals surface area contributed by atoms with E-state index >= 15 is 0 Å². The van der Waals surface area contributed by atoms with E-state index in [2.05, 4.69) is 24.3 Å². The number of fused-ring (bicyclic) bond motifs is 2. The summed E-state index contributed by atoms with van der Waals surface area (Å²) in [7, 11) is -2.15. The molecule has 4 nitrogen and oxygen atoms in total. The molecule has 1 saturated heterocycles. The van der Waals surface area contributed by atoms with E-state index in [9.17, 15) is 0 Å². The van der Waals surface area contributed by atoms with Crippen molar-refractivity contribution in [3.05, 3.63) is 71.8 Å². The minimum Gasteiger partial charge on any atom is -0.446 e. The van der Waals surface area contributed by atoms with Crippen LogP contribution in [0.3, 0.4) is 0 Å². The number of benzene rings is 1. The normalized spacial score (nSPS) is 30.6. The molecule has 0 saturated carbocycles. The Labute approximate surface area is 143 Å². The summed E-state index contributed by atoms with van der Waals surface area (Å²) in [5.41, 5.74) is 0.164. The van der Waals surface area contributed by atoms with Gasteiger partial charge in [-0.2, -0.15) is 0 Å². The van der Waals surface area contributed by atoms with E-state index in [4.69, 9.17) is 18.1 Å². The summed E-state index contributed by atoms with van der Waals surface area (Å²) < 4.78 is 24.5. The summed E-state index contributed by atoms with van der Waals surface area (Å²) in [6, 6.07) is 7.85. The number of para-hydroxylation sites is 2. The van der Waals surface area contributed by atoms with E-state index in [1.165, 1.54) is 5.31 Å². The predicted octanol–water partition coefficient (Wildman–Crippen LogP) is 5.55. The summed E-state index contributed by atoms with van der Waals surface area (Å²) in [6.45, 7) is 0. The highest BCUT2D eigenvalue weighted by molar-refractivity contribution is 7.56. The summed E-state index contributed by atoms with van der Waals surface area (Å²) >= 11 is 0. The third-order valence-electron chi connectivity index (χ3n) is 4.27. The standard InChI is InChI=1S/C18H16O4P2/c1-2-8-14-13(7-1)19-23(20-14)17-11-5-6-12-18(17)24-21-15-9-3-4-10-16(15)22-24/h1-9,12,16-17H,10-11H2. The Morgan fingerprint density at radius 2 is 1.62 bits per heavy atom. The van der Waals surface area contributed by atoms with Gasteiger partial charge >= 0.3 is 0 Å². The zero-order valence-electron chi connectivity index (χ0n) is 12.9. The van der Waals surface area contributed by atoms with Crippen molar-refractivity contribution in [2.24, 2.45) is 0 Å². The van der Waals surface area contributed by atoms with Crippen LogP contribution >= 0.6 is 16.8 Å². The smallest absolute Gasteiger partial charge is 0.299 e. The van der Waals surface area contributed by atoms with E-state index in [-0.39, 0.29) is 11.8 Å². The van der Waals surface area contributed by atoms with Gasteiger partial charge in [-0.15, -0.1) is 0 Å². The topological polar surface area (TPSA) is 36.9 Å². The van der Waals surface area contributed by atoms with Gasteiger partial charge < -0.3 is 18.1 Å². The predicted molar refractivity (Wildman–Crippen MR) is 95.0 cm³/mol. The van der Waals surface area contributed by atoms with Gasteiger partial charge in [-0.3, -0.25) is 0 Å². The average molecular weight is 358 g/mol. The van der Waals surface area contributed by atoms with E-state index in [1.54, 1.807) is 0 Å². The van der Waals surface area contributed by atoms with Crippen molar-refractivity contribution in [1.29, 1.82) is 0 Å². The molecule has 0 aromatic heterocycles. The fourth-order valence-corrected chi connectivity index (χ4v) is 6.80. The molecule has 0 N–H and O–H groups in total. The maximum absolute atomic E-state index is 6.19. The molecule has 3 atom stereocenters. The van der Waals surface area contributed by atoms with E-state index in [1.807, 2.05) is 36.4 Å². The molecule has 122 valence electrons. The highest BCUT2D eigenvalue weighted by Crippen LogP contribution is 2.66. The molecule has 1 aromatic rings. The lowest BCUT2D eigenvalue weighted by molar-refractivity contribution is 0.285. The first-order valence-corrected chi connectivity index (χ1v) is 10.4. The van der Waals surface area contributed by atoms with Crippen LogP contribution in [-0.2, 0) is 9.05 Å². The van der Waals surface area contributed by atoms with Crippen molar-refractivity contribution >= 4 is 16.8 Å². The van der Waals surface area contributed by atoms with Gasteiger partial charge in [0.2, 0.25) is 0 Å². The molecule has 6 heteroatoms. The van der Waals surface area contributed by atoms with E-state index in [0.717, 1.165) is 30.1 Å². The molecule has 1 aromatic carbocycles. The number of allylic oxidation sites excluding steroid dienone is 6. The molecule has 2 heterocycles. The third-order valence-corrected chi connectivity index (χ3v) is 7.93. The highest BCUT2D eigenvalue weighted by Gasteiger charge is 2.44. The second-order valence-electron chi connectivity index (χ2n) is 5.86. The quantitative estimate of drug-likeness (QED) is 0.649. The fourth-order valence-electron chi connectivity index (χ4n) is 3.04. The second-order valence-corrected chi connectivity index (χ2v) is 8.84. The lowest BCUT2D eigenvalue weighted by atomic mass is 10.1. The summed E-state index contributed by atoms with van der Waals surface area (Å²) in [4.78, 5) is 0. The molecule has 3 unspecified atom stereocenters. The first-order chi connectivity index (χ1) is 11.9. The Morgan fingerprint density at radius 1 is 0.875 bits per heavy atom. The molecule has 5 rings (SSSR count). The van der Waals surface area contributed by atoms with Crippen LogP contribution in [0, 0.1) is 0 Å². The van der Waals surface area contributed by atoms with Gasteiger partial charge in [0.05, 0.1) is 5.66 Å². The summed E-state index contributed by atoms with van der Waals surface area (Å²) in [5, 5.41) is 1.17. The lowest BCUT2D eigenvalue weighted by Gasteiger charge is -2.25. The van der Waals surface area contributed by atoms with Gasteiger partial charge in [-0.05, 0) is 31.1 Å². The van der Waals surface area contributed by atoms with Gasteiger partial charge in [0.25, 0.3) is 16.8 Å². The monoisotopic (exact) mass is 358 g/mol. The molecular weight excluding hydrogens is 342 g/mol. The summed E-state index contributed by atoms with van der Waals surface area (Å²) in [6.07, 6.45) is 14.3. The molecular formula is C18H16O4P2. The number of rotatable bonds is 2. The van der Waals surface area contributed by atoms with Crippen LogP contribution in [0.2, 0.25) is 0 Å². The van der Waals surface area contributed by atoms with Crippen molar-refractivity contribution in [2.75, 3.05) is 0 Å². The molecule has 2 aliphatic carbocycles. The minimum atomic E-state index is -1.09. The van der Waals surface area contributed by atoms with Gasteiger partial charge in [-0.25, -0.2) is 0 Å². The molecule has 1 fully saturated rings. The van der Waals surface area contributed by atoms with Crippen LogP contribution < -0.4 is 9.05 Å². The maximum Gasteiger partial charge on any atom is 0.299 e. The molecule has 2 aliphatic heterocycles. The minimum absolute atomic E-state index is 0.0592. The lowest BCUT2D eigenvalue weighted by Crippen LogP contribution is -2.14. The van der Waals surface area contributed by atoms with Crippen LogP contribution in [-0.4, -0.2) is 11.8 Å². The van der Waals surface area contributed by atoms with Gasteiger partial charge in [0.1, 0.15) is 11.9 Å². The Hall–Kier alpha value is -1.60. The highest BCUT2D eigenvalue weighted by atomic mass is 31.2. The zero-order chi connectivity index (χ0) is 15.9. The SMILES string of the molecule is C1=CCC2OP(C3=CC=CCC3P3Oc4ccccc4O3)OC2=C1. The third kappa shape index (κ3) is 2.50. The molecule has 0 radical (unpaired) electrons. The molecule has 0 amide bonds. The van der Waals surface area contributed by atoms with Crippen molar-refractivity contribution in [2.45, 2.75) is 24.6 Å². The first kappa shape index (κ1) is 14.7. The van der Waals surface area contributed by atoms with Crippen LogP contribution in [0.15, 0.2) is 71.8 Å². The molecule has 4 aliphatic rings. The van der Waals surface area contributed by atoms with Gasteiger partial charge in [0.15, 0.2) is 11.5 Å². The number of hydrogen-bond donors (Lipinski definition) is 0. The van der Waals surface area contributed by atoms with E-state index in [0.29, 0.717) is 0 Å². The molecule has 24 heavy (non-hydrogen) atoms. The zero-order valence-corrected chi connectivity index (χ0v) is 14.7. The second kappa shape index (κ2) is 6.04. The average Bonchev–Trinajstić information content (AvgIpc) is 3.25. The Bertz CT molecular complexity index is 758. The van der Waals surface area contributed by atoms with Crippen molar-refractivity contribution in [1.82, 2.24) is 0 Å². The van der Waals surface area contributed by atoms with E-state index < -0.39 is 16.8 Å². The van der Waals surface area contributed by atoms with Crippen molar-refractivity contribution in [3.8, 4) is 11.5 Å². The Balaban J connectivity index is 1.38. The maximum atomic E-state index is 6.19. The molecule has 0 spiro atoms. The van der Waals surface area contributed by atoms with Crippen LogP contribution in [0.25, 0.3) is 0 Å². The largest absolute Gasteiger partial charge is 0.446 e. The van der Waals surface area contributed by atoms with Crippen molar-refractivity contribution in [3.63, 3.8) is 0 Å². The van der Waals surface area contributed by atoms with Crippen LogP contribution in [0.4, 0.5) is 0 Å².